The first kappa shape index (κ1) is 17.2. The van der Waals surface area contributed by atoms with E-state index < -0.39 is 0 Å². The molecule has 22 heavy (non-hydrogen) atoms. The van der Waals surface area contributed by atoms with Crippen molar-refractivity contribution in [1.82, 2.24) is 10.2 Å². The smallest absolute Gasteiger partial charge is 0.243 e. The summed E-state index contributed by atoms with van der Waals surface area (Å²) in [6.07, 6.45) is 5.52. The van der Waals surface area contributed by atoms with E-state index in [1.54, 1.807) is 6.08 Å². The van der Waals surface area contributed by atoms with E-state index in [2.05, 4.69) is 26.1 Å². The molecule has 2 rings (SSSR count). The summed E-state index contributed by atoms with van der Waals surface area (Å²) in [5, 5.41) is 2.93. The molecule has 0 bridgehead atoms. The van der Waals surface area contributed by atoms with Crippen LogP contribution in [-0.2, 0) is 9.53 Å². The van der Waals surface area contributed by atoms with Crippen molar-refractivity contribution in [3.63, 3.8) is 0 Å². The zero-order chi connectivity index (χ0) is 15.6. The number of rotatable bonds is 7. The first-order chi connectivity index (χ1) is 10.8. The standard InChI is InChI=1S/C17H23BrN2O2/c18-16-6-2-1-5-15(16)7-8-17(21)19-9-3-4-10-20-11-13-22-14-12-20/h1-2,5-8H,3-4,9-14H2,(H,19,21). The van der Waals surface area contributed by atoms with E-state index in [-0.39, 0.29) is 5.91 Å². The van der Waals surface area contributed by atoms with Crippen LogP contribution >= 0.6 is 15.9 Å². The molecule has 0 aromatic heterocycles. The summed E-state index contributed by atoms with van der Waals surface area (Å²) in [5.41, 5.74) is 1.00. The van der Waals surface area contributed by atoms with Crippen LogP contribution in [0.1, 0.15) is 18.4 Å². The highest BCUT2D eigenvalue weighted by Gasteiger charge is 2.08. The molecule has 0 aliphatic carbocycles. The minimum atomic E-state index is -0.0397. The van der Waals surface area contributed by atoms with Crippen molar-refractivity contribution in [2.24, 2.45) is 0 Å². The Morgan fingerprint density at radius 2 is 2.05 bits per heavy atom. The summed E-state index contributed by atoms with van der Waals surface area (Å²) >= 11 is 3.46. The maximum atomic E-state index is 11.8. The van der Waals surface area contributed by atoms with E-state index in [0.717, 1.165) is 62.3 Å². The fourth-order valence-corrected chi connectivity index (χ4v) is 2.75. The number of halogens is 1. The maximum absolute atomic E-state index is 11.8. The van der Waals surface area contributed by atoms with Gasteiger partial charge in [0, 0.05) is 30.2 Å². The second-order valence-corrected chi connectivity index (χ2v) is 6.16. The van der Waals surface area contributed by atoms with E-state index in [1.165, 1.54) is 0 Å². The van der Waals surface area contributed by atoms with Gasteiger partial charge in [0.15, 0.2) is 0 Å². The third-order valence-electron chi connectivity index (χ3n) is 3.62. The van der Waals surface area contributed by atoms with E-state index in [9.17, 15) is 4.79 Å². The van der Waals surface area contributed by atoms with Crippen LogP contribution in [0.2, 0.25) is 0 Å². The molecule has 4 nitrogen and oxygen atoms in total. The van der Waals surface area contributed by atoms with Crippen LogP contribution < -0.4 is 5.32 Å². The summed E-state index contributed by atoms with van der Waals surface area (Å²) in [6.45, 7) is 5.56. The molecule has 0 radical (unpaired) electrons. The summed E-state index contributed by atoms with van der Waals surface area (Å²) < 4.78 is 6.31. The first-order valence-electron chi connectivity index (χ1n) is 7.76. The average molecular weight is 367 g/mol. The van der Waals surface area contributed by atoms with Gasteiger partial charge in [-0.2, -0.15) is 0 Å². The van der Waals surface area contributed by atoms with Gasteiger partial charge in [0.1, 0.15) is 0 Å². The van der Waals surface area contributed by atoms with Crippen molar-refractivity contribution in [1.29, 1.82) is 0 Å². The van der Waals surface area contributed by atoms with Crippen molar-refractivity contribution >= 4 is 27.9 Å². The second-order valence-electron chi connectivity index (χ2n) is 5.31. The normalized spacial score (nSPS) is 16.0. The minimum absolute atomic E-state index is 0.0397. The number of hydrogen-bond donors (Lipinski definition) is 1. The molecular weight excluding hydrogens is 344 g/mol. The molecule has 5 heteroatoms. The van der Waals surface area contributed by atoms with Crippen molar-refractivity contribution < 1.29 is 9.53 Å². The summed E-state index contributed by atoms with van der Waals surface area (Å²) in [5.74, 6) is -0.0397. The molecule has 1 aliphatic rings. The number of unbranched alkanes of at least 4 members (excludes halogenated alkanes) is 1. The monoisotopic (exact) mass is 366 g/mol. The number of benzene rings is 1. The van der Waals surface area contributed by atoms with Gasteiger partial charge in [0.05, 0.1) is 13.2 Å². The van der Waals surface area contributed by atoms with Crippen molar-refractivity contribution in [3.05, 3.63) is 40.4 Å². The lowest BCUT2D eigenvalue weighted by atomic mass is 10.2. The lowest BCUT2D eigenvalue weighted by molar-refractivity contribution is -0.116. The van der Waals surface area contributed by atoms with Crippen LogP contribution in [0.4, 0.5) is 0 Å². The van der Waals surface area contributed by atoms with Crippen LogP contribution in [0.15, 0.2) is 34.8 Å². The fraction of sp³-hybridized carbons (Fsp3) is 0.471. The van der Waals surface area contributed by atoms with Gasteiger partial charge in [-0.05, 0) is 37.1 Å². The molecule has 1 aliphatic heterocycles. The van der Waals surface area contributed by atoms with Gasteiger partial charge in [0.2, 0.25) is 5.91 Å². The van der Waals surface area contributed by atoms with E-state index in [4.69, 9.17) is 4.74 Å². The van der Waals surface area contributed by atoms with Crippen molar-refractivity contribution in [2.75, 3.05) is 39.4 Å². The van der Waals surface area contributed by atoms with E-state index in [1.807, 2.05) is 30.3 Å². The van der Waals surface area contributed by atoms with Gasteiger partial charge in [0.25, 0.3) is 0 Å². The predicted molar refractivity (Wildman–Crippen MR) is 92.7 cm³/mol. The molecule has 1 fully saturated rings. The Hall–Kier alpha value is -1.17. The van der Waals surface area contributed by atoms with E-state index >= 15 is 0 Å². The van der Waals surface area contributed by atoms with Crippen LogP contribution in [0.25, 0.3) is 6.08 Å². The number of carbonyl (C=O) groups is 1. The quantitative estimate of drug-likeness (QED) is 0.595. The molecule has 1 saturated heterocycles. The average Bonchev–Trinajstić information content (AvgIpc) is 2.55. The minimum Gasteiger partial charge on any atom is -0.379 e. The third kappa shape index (κ3) is 6.30. The van der Waals surface area contributed by atoms with Gasteiger partial charge in [-0.15, -0.1) is 0 Å². The maximum Gasteiger partial charge on any atom is 0.243 e. The zero-order valence-electron chi connectivity index (χ0n) is 12.8. The number of ether oxygens (including phenoxy) is 1. The highest BCUT2D eigenvalue weighted by atomic mass is 79.9. The van der Waals surface area contributed by atoms with Crippen molar-refractivity contribution in [3.8, 4) is 0 Å². The summed E-state index contributed by atoms with van der Waals surface area (Å²) in [6, 6.07) is 7.84. The Labute approximate surface area is 140 Å². The summed E-state index contributed by atoms with van der Waals surface area (Å²) in [7, 11) is 0. The van der Waals surface area contributed by atoms with Gasteiger partial charge < -0.3 is 10.1 Å². The Morgan fingerprint density at radius 3 is 2.82 bits per heavy atom. The van der Waals surface area contributed by atoms with Crippen LogP contribution in [-0.4, -0.2) is 50.2 Å². The SMILES string of the molecule is O=C(C=Cc1ccccc1Br)NCCCCN1CCOCC1. The number of nitrogens with one attached hydrogen (secondary N) is 1. The number of nitrogens with zero attached hydrogens (tertiary/aromatic N) is 1. The predicted octanol–water partition coefficient (Wildman–Crippen LogP) is 2.69. The topological polar surface area (TPSA) is 41.6 Å². The molecular formula is C17H23BrN2O2. The molecule has 1 aromatic carbocycles. The van der Waals surface area contributed by atoms with Crippen LogP contribution in [0, 0.1) is 0 Å². The number of morpholine rings is 1. The molecule has 0 unspecified atom stereocenters. The molecule has 1 amide bonds. The van der Waals surface area contributed by atoms with Gasteiger partial charge >= 0.3 is 0 Å². The molecule has 1 heterocycles. The Morgan fingerprint density at radius 1 is 1.27 bits per heavy atom. The molecule has 1 N–H and O–H groups in total. The Balaban J connectivity index is 1.58. The molecule has 0 atom stereocenters. The molecule has 0 spiro atoms. The molecule has 0 saturated carbocycles. The largest absolute Gasteiger partial charge is 0.379 e. The van der Waals surface area contributed by atoms with Gasteiger partial charge in [-0.3, -0.25) is 9.69 Å². The number of carbonyl (C=O) groups excluding carboxylic acids is 1. The second kappa shape index (κ2) is 9.77. The summed E-state index contributed by atoms with van der Waals surface area (Å²) in [4.78, 5) is 14.2. The number of hydrogen-bond acceptors (Lipinski definition) is 3. The molecule has 1 aromatic rings. The van der Waals surface area contributed by atoms with Crippen molar-refractivity contribution in [2.45, 2.75) is 12.8 Å². The Bertz CT molecular complexity index is 499. The lowest BCUT2D eigenvalue weighted by Crippen LogP contribution is -2.37. The van der Waals surface area contributed by atoms with Gasteiger partial charge in [-0.1, -0.05) is 34.1 Å². The van der Waals surface area contributed by atoms with Gasteiger partial charge in [-0.25, -0.2) is 0 Å². The highest BCUT2D eigenvalue weighted by Crippen LogP contribution is 2.16. The molecule has 120 valence electrons. The zero-order valence-corrected chi connectivity index (χ0v) is 14.3. The van der Waals surface area contributed by atoms with E-state index in [0.29, 0.717) is 0 Å². The first-order valence-corrected chi connectivity index (χ1v) is 8.55. The van der Waals surface area contributed by atoms with Crippen LogP contribution in [0.5, 0.6) is 0 Å². The third-order valence-corrected chi connectivity index (χ3v) is 4.35. The fourth-order valence-electron chi connectivity index (χ4n) is 2.33. The lowest BCUT2D eigenvalue weighted by Gasteiger charge is -2.26. The highest BCUT2D eigenvalue weighted by molar-refractivity contribution is 9.10. The number of amides is 1. The Kier molecular flexibility index (Phi) is 7.63. The van der Waals surface area contributed by atoms with Crippen LogP contribution in [0.3, 0.4) is 0 Å².